The molecule has 1 heterocycles. The van der Waals surface area contributed by atoms with Crippen molar-refractivity contribution in [1.82, 2.24) is 10.2 Å². The van der Waals surface area contributed by atoms with Gasteiger partial charge < -0.3 is 15.0 Å². The van der Waals surface area contributed by atoms with E-state index in [1.54, 1.807) is 17.1 Å². The number of hydrogen-bond acceptors (Lipinski definition) is 3. The number of carbonyl (C=O) groups excluding carboxylic acids is 2. The fourth-order valence-corrected chi connectivity index (χ4v) is 5.02. The number of likely N-dealkylation sites (tertiary alicyclic amines) is 1. The maximum atomic E-state index is 13.9. The van der Waals surface area contributed by atoms with E-state index in [9.17, 15) is 27.2 Å². The van der Waals surface area contributed by atoms with E-state index < -0.39 is 30.2 Å². The summed E-state index contributed by atoms with van der Waals surface area (Å²) < 4.78 is 59.3. The van der Waals surface area contributed by atoms with Crippen molar-refractivity contribution in [3.05, 3.63) is 76.0 Å². The molecule has 192 valence electrons. The fourth-order valence-electron chi connectivity index (χ4n) is 5.02. The van der Waals surface area contributed by atoms with E-state index in [4.69, 9.17) is 4.74 Å². The van der Waals surface area contributed by atoms with Gasteiger partial charge in [0.2, 0.25) is 11.8 Å². The van der Waals surface area contributed by atoms with E-state index in [-0.39, 0.29) is 36.1 Å². The van der Waals surface area contributed by atoms with Gasteiger partial charge >= 0.3 is 6.18 Å². The molecule has 5 nitrogen and oxygen atoms in total. The van der Waals surface area contributed by atoms with E-state index in [0.717, 1.165) is 37.3 Å². The summed E-state index contributed by atoms with van der Waals surface area (Å²) in [4.78, 5) is 27.3. The second-order valence-corrected chi connectivity index (χ2v) is 9.30. The molecule has 1 atom stereocenters. The summed E-state index contributed by atoms with van der Waals surface area (Å²) in [5.41, 5.74) is 2.93. The van der Waals surface area contributed by atoms with E-state index >= 15 is 0 Å². The first-order chi connectivity index (χ1) is 17.2. The minimum atomic E-state index is -4.85. The van der Waals surface area contributed by atoms with Crippen molar-refractivity contribution in [2.75, 3.05) is 13.6 Å². The Labute approximate surface area is 207 Å². The molecule has 1 aromatic carbocycles. The van der Waals surface area contributed by atoms with Crippen LogP contribution in [0.5, 0.6) is 0 Å². The molecule has 1 aliphatic heterocycles. The number of allylic oxidation sites excluding steroid dienone is 3. The van der Waals surface area contributed by atoms with Crippen molar-refractivity contribution in [3.63, 3.8) is 0 Å². The third-order valence-corrected chi connectivity index (χ3v) is 6.93. The Kier molecular flexibility index (Phi) is 7.69. The van der Waals surface area contributed by atoms with Gasteiger partial charge in [0.05, 0.1) is 12.1 Å². The number of piperidine rings is 1. The van der Waals surface area contributed by atoms with E-state index in [2.05, 4.69) is 11.0 Å². The summed E-state index contributed by atoms with van der Waals surface area (Å²) >= 11 is 0. The molecule has 2 aliphatic carbocycles. The Morgan fingerprint density at radius 1 is 1.19 bits per heavy atom. The lowest BCUT2D eigenvalue weighted by Gasteiger charge is -2.37. The fraction of sp³-hybridized carbons (Fsp3) is 0.444. The minimum absolute atomic E-state index is 0.0664. The molecule has 0 spiro atoms. The van der Waals surface area contributed by atoms with Gasteiger partial charge in [-0.1, -0.05) is 31.1 Å². The zero-order valence-corrected chi connectivity index (χ0v) is 20.0. The van der Waals surface area contributed by atoms with Crippen LogP contribution in [0.3, 0.4) is 0 Å². The molecular formula is C27H28F4N2O3. The summed E-state index contributed by atoms with van der Waals surface area (Å²) in [5, 5.41) is 2.63. The normalized spacial score (nSPS) is 20.2. The standard InChI is InChI=1S/C27H28F4N2O3/c1-32-26(35)23-14-18-9-11-21(36-16-20-7-4-8-22(28)25(20)27(29,30)31)12-10-19(18)15-33(23)24(34)13-17-5-2-3-6-17/h4,7-9,11-12,17,23H,2-3,5-6,13-16H2,1H3,(H,32,35). The van der Waals surface area contributed by atoms with Crippen LogP contribution in [0.4, 0.5) is 17.6 Å². The molecule has 1 saturated heterocycles. The number of ether oxygens (including phenoxy) is 1. The van der Waals surface area contributed by atoms with Gasteiger partial charge in [0.1, 0.15) is 24.2 Å². The van der Waals surface area contributed by atoms with Crippen molar-refractivity contribution < 1.29 is 31.9 Å². The average molecular weight is 505 g/mol. The first-order valence-electron chi connectivity index (χ1n) is 12.0. The Morgan fingerprint density at radius 3 is 2.64 bits per heavy atom. The maximum Gasteiger partial charge on any atom is 0.419 e. The number of nitrogens with zero attached hydrogens (tertiary/aromatic N) is 1. The number of likely N-dealkylation sites (N-methyl/N-ethyl adjacent to an activating group) is 1. The summed E-state index contributed by atoms with van der Waals surface area (Å²) in [6.07, 6.45) is 4.92. The van der Waals surface area contributed by atoms with Crippen molar-refractivity contribution in [3.8, 4) is 0 Å². The van der Waals surface area contributed by atoms with Crippen molar-refractivity contribution >= 4 is 11.8 Å². The van der Waals surface area contributed by atoms with Gasteiger partial charge in [-0.2, -0.15) is 13.2 Å². The zero-order valence-electron chi connectivity index (χ0n) is 20.0. The van der Waals surface area contributed by atoms with Gasteiger partial charge in [0.15, 0.2) is 0 Å². The van der Waals surface area contributed by atoms with Crippen molar-refractivity contribution in [2.45, 2.75) is 57.3 Å². The number of fused-ring (bicyclic) bond motifs is 1. The van der Waals surface area contributed by atoms with E-state index in [1.165, 1.54) is 25.3 Å². The Hall–Kier alpha value is -3.32. The maximum absolute atomic E-state index is 13.9. The molecule has 36 heavy (non-hydrogen) atoms. The van der Waals surface area contributed by atoms with Gasteiger partial charge in [-0.25, -0.2) is 4.39 Å². The van der Waals surface area contributed by atoms with Crippen LogP contribution in [0, 0.1) is 11.7 Å². The highest BCUT2D eigenvalue weighted by Gasteiger charge is 2.38. The van der Waals surface area contributed by atoms with Crippen LogP contribution in [-0.4, -0.2) is 36.3 Å². The number of alkyl halides is 3. The van der Waals surface area contributed by atoms with Crippen LogP contribution in [0.25, 0.3) is 0 Å². The number of halogens is 4. The van der Waals surface area contributed by atoms with Crippen LogP contribution in [-0.2, 0) is 27.1 Å². The van der Waals surface area contributed by atoms with Gasteiger partial charge in [0.25, 0.3) is 0 Å². The first-order valence-corrected chi connectivity index (χ1v) is 12.0. The Bertz CT molecular complexity index is 1160. The smallest absolute Gasteiger partial charge is 0.419 e. The van der Waals surface area contributed by atoms with Crippen LogP contribution in [0.1, 0.15) is 49.7 Å². The number of rotatable bonds is 6. The lowest BCUT2D eigenvalue weighted by Crippen LogP contribution is -2.52. The summed E-state index contributed by atoms with van der Waals surface area (Å²) in [7, 11) is 1.53. The zero-order chi connectivity index (χ0) is 25.9. The molecule has 0 radical (unpaired) electrons. The molecule has 9 heteroatoms. The lowest BCUT2D eigenvalue weighted by atomic mass is 9.90. The molecule has 1 saturated carbocycles. The van der Waals surface area contributed by atoms with Crippen LogP contribution < -0.4 is 5.32 Å². The minimum Gasteiger partial charge on any atom is -0.488 e. The molecule has 4 rings (SSSR count). The third-order valence-electron chi connectivity index (χ3n) is 6.93. The van der Waals surface area contributed by atoms with Gasteiger partial charge in [0, 0.05) is 37.1 Å². The first kappa shape index (κ1) is 25.8. The van der Waals surface area contributed by atoms with E-state index in [0.29, 0.717) is 17.9 Å². The SMILES string of the molecule is CNC(=O)C1CC2=CC=C(OCc3cccc(F)c3C(F)(F)F)C=C=C2CN1C(=O)CC1CCCC1. The quantitative estimate of drug-likeness (QED) is 0.428. The molecule has 0 bridgehead atoms. The number of benzene rings is 1. The predicted molar refractivity (Wildman–Crippen MR) is 125 cm³/mol. The molecule has 2 fully saturated rings. The second-order valence-electron chi connectivity index (χ2n) is 9.30. The Balaban J connectivity index is 1.53. The predicted octanol–water partition coefficient (Wildman–Crippen LogP) is 5.19. The summed E-state index contributed by atoms with van der Waals surface area (Å²) in [5.74, 6) is -1.10. The van der Waals surface area contributed by atoms with Gasteiger partial charge in [-0.15, -0.1) is 5.73 Å². The molecular weight excluding hydrogens is 476 g/mol. The Morgan fingerprint density at radius 2 is 1.94 bits per heavy atom. The lowest BCUT2D eigenvalue weighted by molar-refractivity contribution is -0.141. The number of nitrogens with one attached hydrogen (secondary N) is 1. The summed E-state index contributed by atoms with van der Waals surface area (Å²) in [6.45, 7) is -0.281. The summed E-state index contributed by atoms with van der Waals surface area (Å²) in [6, 6.07) is 2.48. The number of hydrogen-bond donors (Lipinski definition) is 1. The molecule has 3 aliphatic rings. The highest BCUT2D eigenvalue weighted by Crippen LogP contribution is 2.35. The molecule has 1 aromatic rings. The third kappa shape index (κ3) is 5.73. The monoisotopic (exact) mass is 504 g/mol. The molecule has 1 unspecified atom stereocenters. The second kappa shape index (κ2) is 10.7. The van der Waals surface area contributed by atoms with Gasteiger partial charge in [-0.05, 0) is 36.5 Å². The highest BCUT2D eigenvalue weighted by molar-refractivity contribution is 5.89. The van der Waals surface area contributed by atoms with Crippen LogP contribution >= 0.6 is 0 Å². The van der Waals surface area contributed by atoms with Crippen LogP contribution in [0.2, 0.25) is 0 Å². The largest absolute Gasteiger partial charge is 0.488 e. The van der Waals surface area contributed by atoms with E-state index in [1.807, 2.05) is 0 Å². The van der Waals surface area contributed by atoms with Gasteiger partial charge in [-0.3, -0.25) is 9.59 Å². The van der Waals surface area contributed by atoms with Crippen molar-refractivity contribution in [2.24, 2.45) is 5.92 Å². The molecule has 2 amide bonds. The van der Waals surface area contributed by atoms with Crippen molar-refractivity contribution in [1.29, 1.82) is 0 Å². The molecule has 1 N–H and O–H groups in total. The number of amides is 2. The molecule has 0 aromatic heterocycles. The number of carbonyl (C=O) groups is 2. The van der Waals surface area contributed by atoms with Crippen LogP contribution in [0.15, 0.2) is 59.1 Å². The average Bonchev–Trinajstić information content (AvgIpc) is 3.26. The topological polar surface area (TPSA) is 58.6 Å². The highest BCUT2D eigenvalue weighted by atomic mass is 19.4.